The number of amides is 1. The molecule has 0 spiro atoms. The Morgan fingerprint density at radius 2 is 1.48 bits per heavy atom. The van der Waals surface area contributed by atoms with Gasteiger partial charge in [-0.05, 0) is 48.4 Å². The molecule has 1 N–H and O–H groups in total. The number of carbonyl (C=O) groups is 1. The van der Waals surface area contributed by atoms with Crippen LogP contribution in [0.15, 0.2) is 78.6 Å². The molecular formula is C27H27NO5. The summed E-state index contributed by atoms with van der Waals surface area (Å²) in [5.41, 5.74) is 3.03. The van der Waals surface area contributed by atoms with Crippen molar-refractivity contribution >= 4 is 11.5 Å². The first-order valence-corrected chi connectivity index (χ1v) is 10.8. The molecule has 1 heterocycles. The number of carbonyl (C=O) groups excluding carboxylic acids is 1. The number of rotatable bonds is 8. The van der Waals surface area contributed by atoms with Gasteiger partial charge in [0.05, 0.1) is 26.9 Å². The Hall–Kier alpha value is -3.93. The topological polar surface area (TPSA) is 68.2 Å². The Bertz CT molecular complexity index is 1150. The Morgan fingerprint density at radius 3 is 2.09 bits per heavy atom. The van der Waals surface area contributed by atoms with Crippen LogP contribution in [0, 0.1) is 0 Å². The largest absolute Gasteiger partial charge is 0.503 e. The highest BCUT2D eigenvalue weighted by molar-refractivity contribution is 6.05. The predicted octanol–water partition coefficient (Wildman–Crippen LogP) is 5.16. The summed E-state index contributed by atoms with van der Waals surface area (Å²) in [6, 6.07) is 22.0. The number of para-hydroxylation sites is 1. The van der Waals surface area contributed by atoms with Crippen molar-refractivity contribution in [3.63, 3.8) is 0 Å². The molecule has 0 aliphatic carbocycles. The molecule has 0 saturated carbocycles. The molecule has 0 bridgehead atoms. The molecule has 170 valence electrons. The molecule has 0 radical (unpaired) electrons. The lowest BCUT2D eigenvalue weighted by Crippen LogP contribution is -2.30. The summed E-state index contributed by atoms with van der Waals surface area (Å²) >= 11 is 0. The van der Waals surface area contributed by atoms with Gasteiger partial charge in [0.15, 0.2) is 5.76 Å². The molecule has 1 aliphatic rings. The maximum Gasteiger partial charge on any atom is 0.290 e. The lowest BCUT2D eigenvalue weighted by molar-refractivity contribution is -0.130. The lowest BCUT2D eigenvalue weighted by Gasteiger charge is -2.29. The molecule has 6 heteroatoms. The van der Waals surface area contributed by atoms with Crippen molar-refractivity contribution in [1.82, 2.24) is 4.90 Å². The van der Waals surface area contributed by atoms with Crippen molar-refractivity contribution < 1.29 is 24.1 Å². The van der Waals surface area contributed by atoms with E-state index >= 15 is 0 Å². The third-order valence-corrected chi connectivity index (χ3v) is 5.73. The smallest absolute Gasteiger partial charge is 0.290 e. The standard InChI is InChI=1S/C27H27NO5/c1-4-33-23-8-6-5-7-22(23)25-24(19-11-15-21(32-3)16-12-19)26(29)27(30)28(25)17-18-9-13-20(31-2)14-10-18/h5-16,25,29H,4,17H2,1-3H3. The fourth-order valence-electron chi connectivity index (χ4n) is 4.13. The minimum Gasteiger partial charge on any atom is -0.503 e. The van der Waals surface area contributed by atoms with E-state index in [2.05, 4.69) is 0 Å². The number of ether oxygens (including phenoxy) is 3. The molecule has 6 nitrogen and oxygen atoms in total. The van der Waals surface area contributed by atoms with E-state index in [1.807, 2.05) is 79.7 Å². The van der Waals surface area contributed by atoms with Gasteiger partial charge in [0.2, 0.25) is 0 Å². The van der Waals surface area contributed by atoms with Gasteiger partial charge in [-0.1, -0.05) is 42.5 Å². The number of nitrogens with zero attached hydrogens (tertiary/aromatic N) is 1. The van der Waals surface area contributed by atoms with E-state index in [1.54, 1.807) is 19.1 Å². The Labute approximate surface area is 193 Å². The SMILES string of the molecule is CCOc1ccccc1C1C(c2ccc(OC)cc2)=C(O)C(=O)N1Cc1ccc(OC)cc1. The second-order valence-corrected chi connectivity index (χ2v) is 7.65. The number of benzene rings is 3. The predicted molar refractivity (Wildman–Crippen MR) is 126 cm³/mol. The zero-order valence-corrected chi connectivity index (χ0v) is 18.9. The normalized spacial score (nSPS) is 15.7. The second kappa shape index (κ2) is 9.69. The van der Waals surface area contributed by atoms with Crippen LogP contribution in [0.25, 0.3) is 5.57 Å². The zero-order chi connectivity index (χ0) is 23.4. The van der Waals surface area contributed by atoms with E-state index in [1.165, 1.54) is 0 Å². The molecule has 1 aliphatic heterocycles. The summed E-state index contributed by atoms with van der Waals surface area (Å²) in [4.78, 5) is 15.0. The van der Waals surface area contributed by atoms with Gasteiger partial charge in [-0.3, -0.25) is 4.79 Å². The first-order valence-electron chi connectivity index (χ1n) is 10.8. The van der Waals surface area contributed by atoms with Crippen LogP contribution >= 0.6 is 0 Å². The van der Waals surface area contributed by atoms with E-state index in [0.717, 1.165) is 22.4 Å². The Balaban J connectivity index is 1.81. The van der Waals surface area contributed by atoms with Crippen LogP contribution in [0.2, 0.25) is 0 Å². The minimum absolute atomic E-state index is 0.259. The number of hydrogen-bond acceptors (Lipinski definition) is 5. The Morgan fingerprint density at radius 1 is 0.879 bits per heavy atom. The van der Waals surface area contributed by atoms with Crippen LogP contribution in [-0.4, -0.2) is 36.7 Å². The highest BCUT2D eigenvalue weighted by Gasteiger charge is 2.42. The summed E-state index contributed by atoms with van der Waals surface area (Å²) < 4.78 is 16.4. The quantitative estimate of drug-likeness (QED) is 0.519. The van der Waals surface area contributed by atoms with E-state index in [-0.39, 0.29) is 5.76 Å². The van der Waals surface area contributed by atoms with Gasteiger partial charge >= 0.3 is 0 Å². The molecule has 3 aromatic rings. The van der Waals surface area contributed by atoms with E-state index < -0.39 is 11.9 Å². The molecule has 0 saturated heterocycles. The number of aliphatic hydroxyl groups is 1. The van der Waals surface area contributed by atoms with Gasteiger partial charge in [0.25, 0.3) is 5.91 Å². The Kier molecular flexibility index (Phi) is 6.54. The van der Waals surface area contributed by atoms with Crippen molar-refractivity contribution in [2.45, 2.75) is 19.5 Å². The van der Waals surface area contributed by atoms with Gasteiger partial charge in [-0.25, -0.2) is 0 Å². The monoisotopic (exact) mass is 445 g/mol. The van der Waals surface area contributed by atoms with Gasteiger partial charge in [-0.2, -0.15) is 0 Å². The van der Waals surface area contributed by atoms with Crippen LogP contribution < -0.4 is 14.2 Å². The molecule has 4 rings (SSSR count). The van der Waals surface area contributed by atoms with Crippen molar-refractivity contribution in [2.75, 3.05) is 20.8 Å². The fraction of sp³-hybridized carbons (Fsp3) is 0.222. The van der Waals surface area contributed by atoms with Crippen molar-refractivity contribution in [3.05, 3.63) is 95.2 Å². The average Bonchev–Trinajstić information content (AvgIpc) is 3.10. The van der Waals surface area contributed by atoms with Crippen LogP contribution in [0.3, 0.4) is 0 Å². The third-order valence-electron chi connectivity index (χ3n) is 5.73. The number of hydrogen-bond donors (Lipinski definition) is 1. The van der Waals surface area contributed by atoms with E-state index in [0.29, 0.717) is 30.2 Å². The third kappa shape index (κ3) is 4.37. The minimum atomic E-state index is -0.518. The van der Waals surface area contributed by atoms with Gasteiger partial charge in [-0.15, -0.1) is 0 Å². The van der Waals surface area contributed by atoms with Crippen LogP contribution in [-0.2, 0) is 11.3 Å². The summed E-state index contributed by atoms with van der Waals surface area (Å²) in [5.74, 6) is 1.44. The molecular weight excluding hydrogens is 418 g/mol. The van der Waals surface area contributed by atoms with E-state index in [9.17, 15) is 9.90 Å². The highest BCUT2D eigenvalue weighted by Crippen LogP contribution is 2.46. The molecule has 1 unspecified atom stereocenters. The summed E-state index contributed by atoms with van der Waals surface area (Å²) in [7, 11) is 3.21. The van der Waals surface area contributed by atoms with Crippen LogP contribution in [0.1, 0.15) is 29.7 Å². The molecule has 3 aromatic carbocycles. The van der Waals surface area contributed by atoms with Gasteiger partial charge in [0, 0.05) is 17.7 Å². The first-order chi connectivity index (χ1) is 16.1. The summed E-state index contributed by atoms with van der Waals surface area (Å²) in [6.07, 6.45) is 0. The fourth-order valence-corrected chi connectivity index (χ4v) is 4.13. The van der Waals surface area contributed by atoms with Crippen LogP contribution in [0.5, 0.6) is 17.2 Å². The van der Waals surface area contributed by atoms with Crippen molar-refractivity contribution in [2.24, 2.45) is 0 Å². The molecule has 0 fully saturated rings. The molecule has 33 heavy (non-hydrogen) atoms. The van der Waals surface area contributed by atoms with Crippen molar-refractivity contribution in [3.8, 4) is 17.2 Å². The van der Waals surface area contributed by atoms with E-state index in [4.69, 9.17) is 14.2 Å². The second-order valence-electron chi connectivity index (χ2n) is 7.65. The molecule has 0 aromatic heterocycles. The van der Waals surface area contributed by atoms with Gasteiger partial charge < -0.3 is 24.2 Å². The average molecular weight is 446 g/mol. The van der Waals surface area contributed by atoms with Gasteiger partial charge in [0.1, 0.15) is 17.2 Å². The molecule has 1 amide bonds. The maximum atomic E-state index is 13.3. The lowest BCUT2D eigenvalue weighted by atomic mass is 9.92. The zero-order valence-electron chi connectivity index (χ0n) is 18.9. The van der Waals surface area contributed by atoms with Crippen LogP contribution in [0.4, 0.5) is 0 Å². The highest BCUT2D eigenvalue weighted by atomic mass is 16.5. The maximum absolute atomic E-state index is 13.3. The summed E-state index contributed by atoms with van der Waals surface area (Å²) in [5, 5.41) is 11.0. The first kappa shape index (κ1) is 22.3. The summed E-state index contributed by atoms with van der Waals surface area (Å²) in [6.45, 7) is 2.73. The number of methoxy groups -OCH3 is 2. The molecule has 1 atom stereocenters. The van der Waals surface area contributed by atoms with Crippen molar-refractivity contribution in [1.29, 1.82) is 0 Å². The number of aliphatic hydroxyl groups excluding tert-OH is 1.